The summed E-state index contributed by atoms with van der Waals surface area (Å²) in [6, 6.07) is 8.10. The molecule has 1 saturated carbocycles. The Morgan fingerprint density at radius 3 is 2.93 bits per heavy atom. The van der Waals surface area contributed by atoms with E-state index >= 15 is 0 Å². The summed E-state index contributed by atoms with van der Waals surface area (Å²) in [6.07, 6.45) is 4.59. The van der Waals surface area contributed by atoms with Gasteiger partial charge in [-0.1, -0.05) is 12.1 Å². The van der Waals surface area contributed by atoms with Gasteiger partial charge < -0.3 is 19.4 Å². The monoisotopic (exact) mass is 406 g/mol. The van der Waals surface area contributed by atoms with Crippen LogP contribution < -0.4 is 10.1 Å². The molecule has 156 valence electrons. The van der Waals surface area contributed by atoms with E-state index in [2.05, 4.69) is 34.3 Å². The minimum absolute atomic E-state index is 0.0181. The number of fused-ring (bicyclic) bond motifs is 1. The summed E-state index contributed by atoms with van der Waals surface area (Å²) in [4.78, 5) is 24.1. The van der Waals surface area contributed by atoms with Crippen molar-refractivity contribution in [2.24, 2.45) is 0 Å². The van der Waals surface area contributed by atoms with E-state index in [-0.39, 0.29) is 11.4 Å². The number of aryl methyl sites for hydroxylation is 1. The maximum absolute atomic E-state index is 13.5. The van der Waals surface area contributed by atoms with Gasteiger partial charge in [-0.25, -0.2) is 9.97 Å². The van der Waals surface area contributed by atoms with Crippen LogP contribution in [0, 0.1) is 6.92 Å². The van der Waals surface area contributed by atoms with Gasteiger partial charge in [0.15, 0.2) is 0 Å². The quantitative estimate of drug-likeness (QED) is 0.686. The predicted molar refractivity (Wildman–Crippen MR) is 114 cm³/mol. The smallest absolute Gasteiger partial charge is 0.258 e. The Hall–Kier alpha value is -3.09. The number of ether oxygens (including phenoxy) is 1. The molecular weight excluding hydrogens is 380 g/mol. The number of methoxy groups -OCH3 is 1. The first kappa shape index (κ1) is 18.9. The Balaban J connectivity index is 1.44. The van der Waals surface area contributed by atoms with Gasteiger partial charge in [-0.3, -0.25) is 4.79 Å². The van der Waals surface area contributed by atoms with Gasteiger partial charge in [-0.15, -0.1) is 0 Å². The number of benzene rings is 1. The number of nitrogens with one attached hydrogen (secondary N) is 1. The third kappa shape index (κ3) is 3.28. The van der Waals surface area contributed by atoms with E-state index in [1.54, 1.807) is 7.11 Å². The summed E-state index contributed by atoms with van der Waals surface area (Å²) in [6.45, 7) is 5.37. The van der Waals surface area contributed by atoms with E-state index in [1.165, 1.54) is 11.9 Å². The first-order valence-electron chi connectivity index (χ1n) is 10.4. The van der Waals surface area contributed by atoms with Crippen molar-refractivity contribution in [2.75, 3.05) is 25.5 Å². The molecule has 5 rings (SSSR count). The molecule has 1 saturated heterocycles. The second-order valence-corrected chi connectivity index (χ2v) is 8.63. The molecule has 7 nitrogen and oxygen atoms in total. The predicted octanol–water partition coefficient (Wildman–Crippen LogP) is 4.13. The van der Waals surface area contributed by atoms with Crippen LogP contribution >= 0.6 is 0 Å². The van der Waals surface area contributed by atoms with Crippen molar-refractivity contribution in [1.29, 1.82) is 0 Å². The summed E-state index contributed by atoms with van der Waals surface area (Å²) < 4.78 is 11.2. The van der Waals surface area contributed by atoms with Crippen molar-refractivity contribution in [3.8, 4) is 5.75 Å². The minimum atomic E-state index is -0.0181. The van der Waals surface area contributed by atoms with Gasteiger partial charge in [0.1, 0.15) is 23.7 Å². The second-order valence-electron chi connectivity index (χ2n) is 8.63. The van der Waals surface area contributed by atoms with E-state index < -0.39 is 0 Å². The number of likely N-dealkylation sites (tertiary alicyclic amines) is 1. The number of amides is 1. The fourth-order valence-electron chi connectivity index (χ4n) is 4.27. The number of nitrogens with zero attached hydrogens (tertiary/aromatic N) is 3. The lowest BCUT2D eigenvalue weighted by Gasteiger charge is -2.18. The molecule has 1 aromatic carbocycles. The summed E-state index contributed by atoms with van der Waals surface area (Å²) >= 11 is 0. The van der Waals surface area contributed by atoms with Crippen molar-refractivity contribution in [2.45, 2.75) is 44.6 Å². The molecule has 0 bridgehead atoms. The third-order valence-electron chi connectivity index (χ3n) is 6.34. The van der Waals surface area contributed by atoms with Gasteiger partial charge in [0.05, 0.1) is 18.1 Å². The molecular formula is C23H26N4O3. The van der Waals surface area contributed by atoms with Gasteiger partial charge >= 0.3 is 0 Å². The summed E-state index contributed by atoms with van der Waals surface area (Å²) in [5.74, 6) is 2.39. The lowest BCUT2D eigenvalue weighted by Crippen LogP contribution is -2.29. The molecule has 1 atom stereocenters. The van der Waals surface area contributed by atoms with E-state index in [4.69, 9.17) is 9.15 Å². The number of carbonyl (C=O) groups excluding carboxylic acids is 1. The molecule has 2 aliphatic rings. The van der Waals surface area contributed by atoms with Crippen LogP contribution in [0.1, 0.15) is 53.8 Å². The van der Waals surface area contributed by atoms with Crippen molar-refractivity contribution < 1.29 is 13.9 Å². The Kier molecular flexibility index (Phi) is 4.41. The molecule has 1 aliphatic carbocycles. The van der Waals surface area contributed by atoms with Gasteiger partial charge in [0.2, 0.25) is 5.71 Å². The Morgan fingerprint density at radius 2 is 2.17 bits per heavy atom. The number of furan rings is 1. The van der Waals surface area contributed by atoms with Crippen LogP contribution in [0.25, 0.3) is 11.1 Å². The largest absolute Gasteiger partial charge is 0.497 e. The molecule has 2 fully saturated rings. The zero-order chi connectivity index (χ0) is 20.9. The van der Waals surface area contributed by atoms with Crippen LogP contribution in [-0.2, 0) is 0 Å². The number of carbonyl (C=O) groups is 1. The molecule has 1 N–H and O–H groups in total. The van der Waals surface area contributed by atoms with Gasteiger partial charge in [-0.2, -0.15) is 0 Å². The van der Waals surface area contributed by atoms with Crippen LogP contribution in [0.15, 0.2) is 35.0 Å². The Labute approximate surface area is 175 Å². The lowest BCUT2D eigenvalue weighted by molar-refractivity contribution is 0.0790. The van der Waals surface area contributed by atoms with Crippen LogP contribution in [0.4, 0.5) is 5.82 Å². The molecule has 1 amide bonds. The first-order valence-corrected chi connectivity index (χ1v) is 10.4. The number of hydrogen-bond acceptors (Lipinski definition) is 6. The molecule has 2 aromatic heterocycles. The molecule has 0 spiro atoms. The highest BCUT2D eigenvalue weighted by molar-refractivity contribution is 6.10. The Bertz CT molecular complexity index is 1120. The lowest BCUT2D eigenvalue weighted by atomic mass is 9.98. The first-order chi connectivity index (χ1) is 14.5. The van der Waals surface area contributed by atoms with Gasteiger partial charge in [0, 0.05) is 24.5 Å². The normalized spacial score (nSPS) is 19.8. The van der Waals surface area contributed by atoms with Crippen LogP contribution in [-0.4, -0.2) is 46.5 Å². The van der Waals surface area contributed by atoms with Crippen molar-refractivity contribution in [3.05, 3.63) is 47.5 Å². The number of aromatic nitrogens is 2. The van der Waals surface area contributed by atoms with E-state index in [0.717, 1.165) is 25.0 Å². The number of anilines is 1. The molecule has 1 unspecified atom stereocenters. The standard InChI is InChI=1S/C23H26N4O3/c1-14-18(19-20(26-23(2)8-9-23)24-13-25-21(19)30-14)22(28)27-10-7-16(12-27)15-5-4-6-17(11-15)29-3/h4-6,11,13,16H,7-10,12H2,1-3H3,(H,24,25,26). The minimum Gasteiger partial charge on any atom is -0.497 e. The average molecular weight is 406 g/mol. The molecule has 0 radical (unpaired) electrons. The Morgan fingerprint density at radius 1 is 1.33 bits per heavy atom. The van der Waals surface area contributed by atoms with Crippen molar-refractivity contribution in [3.63, 3.8) is 0 Å². The van der Waals surface area contributed by atoms with Gasteiger partial charge in [0.25, 0.3) is 5.91 Å². The molecule has 3 aromatic rings. The molecule has 7 heteroatoms. The maximum atomic E-state index is 13.5. The molecule has 3 heterocycles. The fraction of sp³-hybridized carbons (Fsp3) is 0.435. The molecule has 1 aliphatic heterocycles. The van der Waals surface area contributed by atoms with Crippen LogP contribution in [0.5, 0.6) is 5.75 Å². The third-order valence-corrected chi connectivity index (χ3v) is 6.34. The summed E-state index contributed by atoms with van der Waals surface area (Å²) in [5, 5.41) is 4.18. The highest BCUT2D eigenvalue weighted by Crippen LogP contribution is 2.41. The number of hydrogen-bond donors (Lipinski definition) is 1. The highest BCUT2D eigenvalue weighted by Gasteiger charge is 2.39. The van der Waals surface area contributed by atoms with Crippen LogP contribution in [0.2, 0.25) is 0 Å². The summed E-state index contributed by atoms with van der Waals surface area (Å²) in [7, 11) is 1.67. The number of rotatable bonds is 5. The molecule has 30 heavy (non-hydrogen) atoms. The zero-order valence-electron chi connectivity index (χ0n) is 17.6. The SMILES string of the molecule is COc1cccc(C2CCN(C(=O)c3c(C)oc4ncnc(NC5(C)CC5)c34)C2)c1. The van der Waals surface area contributed by atoms with Crippen molar-refractivity contribution in [1.82, 2.24) is 14.9 Å². The summed E-state index contributed by atoms with van der Waals surface area (Å²) in [5.41, 5.74) is 2.27. The van der Waals surface area contributed by atoms with Crippen LogP contribution in [0.3, 0.4) is 0 Å². The highest BCUT2D eigenvalue weighted by atomic mass is 16.5. The van der Waals surface area contributed by atoms with E-state index in [1.807, 2.05) is 24.0 Å². The topological polar surface area (TPSA) is 80.5 Å². The van der Waals surface area contributed by atoms with Crippen molar-refractivity contribution >= 4 is 22.8 Å². The van der Waals surface area contributed by atoms with Gasteiger partial charge in [-0.05, 0) is 50.8 Å². The zero-order valence-corrected chi connectivity index (χ0v) is 17.6. The van der Waals surface area contributed by atoms with E-state index in [9.17, 15) is 4.79 Å². The second kappa shape index (κ2) is 7.00. The fourth-order valence-corrected chi connectivity index (χ4v) is 4.27. The maximum Gasteiger partial charge on any atom is 0.258 e. The average Bonchev–Trinajstić information content (AvgIpc) is 3.16. The van der Waals surface area contributed by atoms with E-state index in [0.29, 0.717) is 47.2 Å².